The monoisotopic (exact) mass is 358 g/mol. The molecule has 8 nitrogen and oxygen atoms in total. The lowest BCUT2D eigenvalue weighted by molar-refractivity contribution is -0.0802. The topological polar surface area (TPSA) is 79.5 Å². The molecule has 0 radical (unpaired) electrons. The van der Waals surface area contributed by atoms with Crippen LogP contribution in [0.2, 0.25) is 0 Å². The van der Waals surface area contributed by atoms with Crippen LogP contribution in [0.15, 0.2) is 24.5 Å². The quantitative estimate of drug-likeness (QED) is 0.859. The number of ether oxygens (including phenoxy) is 1. The molecule has 2 aliphatic rings. The summed E-state index contributed by atoms with van der Waals surface area (Å²) in [4.78, 5) is 13.7. The Hall–Kier alpha value is -2.03. The van der Waals surface area contributed by atoms with Gasteiger partial charge in [-0.05, 0) is 13.0 Å². The lowest BCUT2D eigenvalue weighted by Crippen LogP contribution is -2.53. The van der Waals surface area contributed by atoms with Crippen molar-refractivity contribution in [3.63, 3.8) is 0 Å². The predicted molar refractivity (Wildman–Crippen MR) is 97.5 cm³/mol. The highest BCUT2D eigenvalue weighted by molar-refractivity contribution is 5.44. The Kier molecular flexibility index (Phi) is 4.88. The molecule has 0 aliphatic carbocycles. The smallest absolute Gasteiger partial charge is 0.159 e. The van der Waals surface area contributed by atoms with E-state index in [1.54, 1.807) is 10.9 Å². The second-order valence-corrected chi connectivity index (χ2v) is 7.18. The van der Waals surface area contributed by atoms with E-state index in [9.17, 15) is 5.11 Å². The summed E-state index contributed by atoms with van der Waals surface area (Å²) in [6.45, 7) is 7.58. The van der Waals surface area contributed by atoms with Crippen LogP contribution < -0.4 is 4.90 Å². The third-order valence-electron chi connectivity index (χ3n) is 5.19. The van der Waals surface area contributed by atoms with Gasteiger partial charge in [0.05, 0.1) is 5.60 Å². The lowest BCUT2D eigenvalue weighted by atomic mass is 9.93. The number of β-amino-alcohol motifs (C(OH)–C–C–N with tert-alkyl or cyclic N) is 1. The van der Waals surface area contributed by atoms with Crippen LogP contribution in [0.1, 0.15) is 18.7 Å². The molecular formula is C18H26N6O2. The van der Waals surface area contributed by atoms with Gasteiger partial charge in [-0.3, -0.25) is 4.90 Å². The first-order valence-corrected chi connectivity index (χ1v) is 9.24. The Morgan fingerprint density at radius 1 is 1.12 bits per heavy atom. The van der Waals surface area contributed by atoms with E-state index in [-0.39, 0.29) is 0 Å². The Morgan fingerprint density at radius 2 is 1.85 bits per heavy atom. The van der Waals surface area contributed by atoms with Crippen LogP contribution >= 0.6 is 0 Å². The third kappa shape index (κ3) is 3.87. The molecule has 8 heteroatoms. The van der Waals surface area contributed by atoms with Crippen molar-refractivity contribution in [3.8, 4) is 5.82 Å². The molecule has 140 valence electrons. The Labute approximate surface area is 153 Å². The maximum absolute atomic E-state index is 10.7. The first-order chi connectivity index (χ1) is 12.6. The van der Waals surface area contributed by atoms with E-state index in [1.807, 2.05) is 25.3 Å². The molecule has 2 aromatic heterocycles. The van der Waals surface area contributed by atoms with Crippen molar-refractivity contribution in [2.75, 3.05) is 50.8 Å². The second-order valence-electron chi connectivity index (χ2n) is 7.18. The van der Waals surface area contributed by atoms with Gasteiger partial charge in [0.2, 0.25) is 0 Å². The van der Waals surface area contributed by atoms with Crippen LogP contribution in [-0.4, -0.2) is 81.3 Å². The summed E-state index contributed by atoms with van der Waals surface area (Å²) in [5.74, 6) is 2.47. The highest BCUT2D eigenvalue weighted by Crippen LogP contribution is 2.23. The van der Waals surface area contributed by atoms with Gasteiger partial charge >= 0.3 is 0 Å². The van der Waals surface area contributed by atoms with Crippen molar-refractivity contribution in [2.24, 2.45) is 0 Å². The summed E-state index contributed by atoms with van der Waals surface area (Å²) in [6, 6.07) is 3.87. The average molecular weight is 358 g/mol. The number of hydrogen-bond donors (Lipinski definition) is 1. The van der Waals surface area contributed by atoms with Gasteiger partial charge in [0.15, 0.2) is 5.82 Å². The number of aromatic nitrogens is 4. The molecule has 4 heterocycles. The molecule has 1 N–H and O–H groups in total. The molecule has 2 fully saturated rings. The molecule has 4 rings (SSSR count). The third-order valence-corrected chi connectivity index (χ3v) is 5.19. The zero-order chi connectivity index (χ0) is 18.0. The minimum Gasteiger partial charge on any atom is -0.388 e. The maximum atomic E-state index is 10.7. The van der Waals surface area contributed by atoms with Crippen molar-refractivity contribution >= 4 is 5.82 Å². The predicted octanol–water partition coefficient (Wildman–Crippen LogP) is 0.634. The molecule has 2 aliphatic heterocycles. The highest BCUT2D eigenvalue weighted by Gasteiger charge is 2.33. The summed E-state index contributed by atoms with van der Waals surface area (Å²) in [5, 5.41) is 15.0. The van der Waals surface area contributed by atoms with Gasteiger partial charge in [-0.15, -0.1) is 0 Å². The molecular weight excluding hydrogens is 332 g/mol. The lowest BCUT2D eigenvalue weighted by Gasteiger charge is -2.41. The number of aliphatic hydroxyl groups is 1. The van der Waals surface area contributed by atoms with E-state index in [2.05, 4.69) is 24.9 Å². The van der Waals surface area contributed by atoms with Crippen molar-refractivity contribution in [3.05, 3.63) is 30.4 Å². The minimum absolute atomic E-state index is 0.598. The number of hydrogen-bond acceptors (Lipinski definition) is 7. The summed E-state index contributed by atoms with van der Waals surface area (Å²) in [7, 11) is 0. The second kappa shape index (κ2) is 7.30. The van der Waals surface area contributed by atoms with Gasteiger partial charge in [-0.1, -0.05) is 0 Å². The molecule has 2 aromatic rings. The van der Waals surface area contributed by atoms with E-state index >= 15 is 0 Å². The fraction of sp³-hybridized carbons (Fsp3) is 0.611. The van der Waals surface area contributed by atoms with Gasteiger partial charge in [0.25, 0.3) is 0 Å². The van der Waals surface area contributed by atoms with Crippen LogP contribution in [-0.2, 0) is 4.74 Å². The van der Waals surface area contributed by atoms with Gasteiger partial charge in [0, 0.05) is 77.2 Å². The Morgan fingerprint density at radius 3 is 2.54 bits per heavy atom. The Balaban J connectivity index is 1.40. The van der Waals surface area contributed by atoms with E-state index < -0.39 is 5.60 Å². The van der Waals surface area contributed by atoms with Crippen molar-refractivity contribution in [2.45, 2.75) is 25.4 Å². The normalized spacial score (nSPS) is 21.1. The van der Waals surface area contributed by atoms with Crippen LogP contribution in [0.4, 0.5) is 5.82 Å². The molecule has 2 saturated heterocycles. The molecule has 0 unspecified atom stereocenters. The van der Waals surface area contributed by atoms with Gasteiger partial charge < -0.3 is 14.7 Å². The summed E-state index contributed by atoms with van der Waals surface area (Å²) in [5.41, 5.74) is -0.598. The molecule has 26 heavy (non-hydrogen) atoms. The number of aryl methyl sites for hydroxylation is 1. The number of piperazine rings is 1. The van der Waals surface area contributed by atoms with Crippen molar-refractivity contribution in [1.29, 1.82) is 0 Å². The van der Waals surface area contributed by atoms with Gasteiger partial charge in [0.1, 0.15) is 11.6 Å². The van der Waals surface area contributed by atoms with Crippen LogP contribution in [0.3, 0.4) is 0 Å². The molecule has 0 spiro atoms. The minimum atomic E-state index is -0.598. The zero-order valence-electron chi connectivity index (χ0n) is 15.2. The van der Waals surface area contributed by atoms with E-state index in [0.29, 0.717) is 13.2 Å². The number of anilines is 1. The molecule has 0 aromatic carbocycles. The fourth-order valence-electron chi connectivity index (χ4n) is 3.68. The van der Waals surface area contributed by atoms with Gasteiger partial charge in [-0.25, -0.2) is 14.6 Å². The van der Waals surface area contributed by atoms with Crippen LogP contribution in [0.5, 0.6) is 0 Å². The first-order valence-electron chi connectivity index (χ1n) is 9.24. The van der Waals surface area contributed by atoms with Crippen molar-refractivity contribution < 1.29 is 9.84 Å². The first kappa shape index (κ1) is 17.4. The molecule has 0 bridgehead atoms. The molecule has 0 atom stereocenters. The van der Waals surface area contributed by atoms with E-state index in [0.717, 1.165) is 63.0 Å². The average Bonchev–Trinajstić information content (AvgIpc) is 3.17. The van der Waals surface area contributed by atoms with Crippen LogP contribution in [0, 0.1) is 6.92 Å². The van der Waals surface area contributed by atoms with Gasteiger partial charge in [-0.2, -0.15) is 5.10 Å². The summed E-state index contributed by atoms with van der Waals surface area (Å²) >= 11 is 0. The standard InChI is InChI=1S/C18H26N6O2/c1-15-20-16(13-17(21-15)24-6-2-5-19-24)23-9-7-22(8-10-23)14-18(25)3-11-26-12-4-18/h2,5-6,13,25H,3-4,7-12,14H2,1H3. The highest BCUT2D eigenvalue weighted by atomic mass is 16.5. The van der Waals surface area contributed by atoms with Crippen molar-refractivity contribution in [1.82, 2.24) is 24.6 Å². The fourth-order valence-corrected chi connectivity index (χ4v) is 3.68. The number of nitrogens with zero attached hydrogens (tertiary/aromatic N) is 6. The summed E-state index contributed by atoms with van der Waals surface area (Å²) < 4.78 is 7.13. The SMILES string of the molecule is Cc1nc(N2CCN(CC3(O)CCOCC3)CC2)cc(-n2cccn2)n1. The largest absolute Gasteiger partial charge is 0.388 e. The Bertz CT molecular complexity index is 721. The van der Waals surface area contributed by atoms with E-state index in [1.165, 1.54) is 0 Å². The number of rotatable bonds is 4. The molecule has 0 saturated carbocycles. The zero-order valence-corrected chi connectivity index (χ0v) is 15.2. The van der Waals surface area contributed by atoms with E-state index in [4.69, 9.17) is 4.74 Å². The maximum Gasteiger partial charge on any atom is 0.159 e. The van der Waals surface area contributed by atoms with Crippen LogP contribution in [0.25, 0.3) is 5.82 Å². The molecule has 0 amide bonds. The summed E-state index contributed by atoms with van der Waals surface area (Å²) in [6.07, 6.45) is 5.09.